The highest BCUT2D eigenvalue weighted by atomic mass is 16.5. The molecule has 122 valence electrons. The average Bonchev–Trinajstić information content (AvgIpc) is 3.24. The maximum atomic E-state index is 6.19. The van der Waals surface area contributed by atoms with Gasteiger partial charge in [0.15, 0.2) is 5.82 Å². The van der Waals surface area contributed by atoms with Gasteiger partial charge in [-0.05, 0) is 32.1 Å². The molecule has 2 heterocycles. The van der Waals surface area contributed by atoms with Crippen molar-refractivity contribution in [2.75, 3.05) is 30.8 Å². The molecule has 1 aliphatic carbocycles. The van der Waals surface area contributed by atoms with Crippen LogP contribution in [0.4, 0.5) is 11.5 Å². The maximum absolute atomic E-state index is 6.19. The Morgan fingerprint density at radius 1 is 1.32 bits per heavy atom. The van der Waals surface area contributed by atoms with Crippen molar-refractivity contribution >= 4 is 11.5 Å². The number of hydrogen-bond acceptors (Lipinski definition) is 6. The van der Waals surface area contributed by atoms with E-state index in [1.807, 2.05) is 0 Å². The third kappa shape index (κ3) is 3.80. The van der Waals surface area contributed by atoms with Crippen molar-refractivity contribution < 1.29 is 9.47 Å². The van der Waals surface area contributed by atoms with Gasteiger partial charge in [0.05, 0.1) is 12.7 Å². The number of hydrogen-bond donors (Lipinski definition) is 2. The van der Waals surface area contributed by atoms with E-state index in [0.717, 1.165) is 57.5 Å². The zero-order chi connectivity index (χ0) is 15.4. The lowest BCUT2D eigenvalue weighted by Gasteiger charge is -2.16. The third-order valence-electron chi connectivity index (χ3n) is 4.13. The second-order valence-corrected chi connectivity index (χ2v) is 6.14. The molecule has 0 radical (unpaired) electrons. The molecule has 6 heteroatoms. The number of nitrogens with two attached hydrogens (primary N) is 1. The summed E-state index contributed by atoms with van der Waals surface area (Å²) in [5.41, 5.74) is 6.70. The van der Waals surface area contributed by atoms with Crippen LogP contribution in [0.3, 0.4) is 0 Å². The predicted octanol–water partition coefficient (Wildman–Crippen LogP) is 2.71. The molecular formula is C16H26N4O2. The van der Waals surface area contributed by atoms with E-state index in [2.05, 4.69) is 22.2 Å². The van der Waals surface area contributed by atoms with Crippen molar-refractivity contribution in [1.82, 2.24) is 9.97 Å². The molecule has 6 nitrogen and oxygen atoms in total. The highest BCUT2D eigenvalue weighted by Gasteiger charge is 2.29. The summed E-state index contributed by atoms with van der Waals surface area (Å²) in [6, 6.07) is 0. The largest absolute Gasteiger partial charge is 0.476 e. The van der Waals surface area contributed by atoms with Crippen molar-refractivity contribution in [2.24, 2.45) is 0 Å². The van der Waals surface area contributed by atoms with E-state index in [1.165, 1.54) is 0 Å². The predicted molar refractivity (Wildman–Crippen MR) is 86.3 cm³/mol. The van der Waals surface area contributed by atoms with Gasteiger partial charge < -0.3 is 20.5 Å². The number of unbranched alkanes of at least 4 members (excludes halogenated alkanes) is 1. The Labute approximate surface area is 131 Å². The molecule has 0 bridgehead atoms. The molecule has 2 aliphatic rings. The van der Waals surface area contributed by atoms with Gasteiger partial charge in [-0.25, -0.2) is 4.98 Å². The third-order valence-corrected chi connectivity index (χ3v) is 4.13. The second kappa shape index (κ2) is 7.13. The number of aromatic nitrogens is 2. The van der Waals surface area contributed by atoms with E-state index < -0.39 is 0 Å². The van der Waals surface area contributed by atoms with Crippen LogP contribution in [0.15, 0.2) is 0 Å². The van der Waals surface area contributed by atoms with Crippen molar-refractivity contribution in [3.63, 3.8) is 0 Å². The van der Waals surface area contributed by atoms with E-state index in [-0.39, 0.29) is 6.10 Å². The second-order valence-electron chi connectivity index (χ2n) is 6.14. The van der Waals surface area contributed by atoms with Crippen molar-refractivity contribution in [1.29, 1.82) is 0 Å². The summed E-state index contributed by atoms with van der Waals surface area (Å²) in [5, 5.41) is 3.33. The quantitative estimate of drug-likeness (QED) is 0.719. The number of rotatable bonds is 8. The minimum atomic E-state index is 0.253. The zero-order valence-electron chi connectivity index (χ0n) is 13.3. The van der Waals surface area contributed by atoms with Gasteiger partial charge >= 0.3 is 0 Å². The first kappa shape index (κ1) is 15.3. The van der Waals surface area contributed by atoms with Crippen LogP contribution >= 0.6 is 0 Å². The standard InChI is InChI=1S/C16H26N4O2/c1-2-3-8-22-16-13(17)15(18-10-12-5-4-9-21-12)19-14(20-16)11-6-7-11/h11-12H,2-10,17H2,1H3,(H,18,19,20). The van der Waals surface area contributed by atoms with Gasteiger partial charge in [-0.3, -0.25) is 0 Å². The Kier molecular flexibility index (Phi) is 4.97. The summed E-state index contributed by atoms with van der Waals surface area (Å²) >= 11 is 0. The minimum absolute atomic E-state index is 0.253. The normalized spacial score (nSPS) is 21.0. The molecule has 2 fully saturated rings. The first-order valence-corrected chi connectivity index (χ1v) is 8.43. The number of anilines is 2. The number of nitrogens with one attached hydrogen (secondary N) is 1. The first-order valence-electron chi connectivity index (χ1n) is 8.43. The molecule has 1 aromatic rings. The fraction of sp³-hybridized carbons (Fsp3) is 0.750. The van der Waals surface area contributed by atoms with Crippen LogP contribution in [0.25, 0.3) is 0 Å². The van der Waals surface area contributed by atoms with E-state index >= 15 is 0 Å². The van der Waals surface area contributed by atoms with Gasteiger partial charge in [-0.15, -0.1) is 0 Å². The lowest BCUT2D eigenvalue weighted by molar-refractivity contribution is 0.120. The molecule has 0 spiro atoms. The minimum Gasteiger partial charge on any atom is -0.476 e. The summed E-state index contributed by atoms with van der Waals surface area (Å²) in [4.78, 5) is 9.12. The van der Waals surface area contributed by atoms with Crippen molar-refractivity contribution in [2.45, 2.75) is 57.5 Å². The molecule has 1 unspecified atom stereocenters. The van der Waals surface area contributed by atoms with Gasteiger partial charge in [0.25, 0.3) is 0 Å². The van der Waals surface area contributed by atoms with Gasteiger partial charge in [0, 0.05) is 19.1 Å². The molecule has 22 heavy (non-hydrogen) atoms. The van der Waals surface area contributed by atoms with Crippen LogP contribution in [0, 0.1) is 0 Å². The average molecular weight is 306 g/mol. The smallest absolute Gasteiger partial charge is 0.242 e. The number of ether oxygens (including phenoxy) is 2. The lowest BCUT2D eigenvalue weighted by Crippen LogP contribution is -2.20. The van der Waals surface area contributed by atoms with Crippen LogP contribution in [0.5, 0.6) is 5.88 Å². The van der Waals surface area contributed by atoms with E-state index in [4.69, 9.17) is 15.2 Å². The molecule has 1 saturated heterocycles. The van der Waals surface area contributed by atoms with E-state index in [0.29, 0.717) is 29.9 Å². The Balaban J connectivity index is 1.71. The van der Waals surface area contributed by atoms with Gasteiger partial charge in [0.1, 0.15) is 11.5 Å². The van der Waals surface area contributed by atoms with Crippen LogP contribution in [-0.2, 0) is 4.74 Å². The van der Waals surface area contributed by atoms with Crippen LogP contribution in [0.1, 0.15) is 57.2 Å². The Morgan fingerprint density at radius 3 is 2.86 bits per heavy atom. The van der Waals surface area contributed by atoms with Crippen LogP contribution in [-0.4, -0.2) is 35.8 Å². The molecule has 3 rings (SSSR count). The fourth-order valence-electron chi connectivity index (χ4n) is 2.56. The monoisotopic (exact) mass is 306 g/mol. The maximum Gasteiger partial charge on any atom is 0.242 e. The summed E-state index contributed by atoms with van der Waals surface area (Å²) in [5.74, 6) is 2.55. The zero-order valence-corrected chi connectivity index (χ0v) is 13.3. The number of nitrogen functional groups attached to an aromatic ring is 1. The van der Waals surface area contributed by atoms with E-state index in [9.17, 15) is 0 Å². The summed E-state index contributed by atoms with van der Waals surface area (Å²) < 4.78 is 11.4. The Morgan fingerprint density at radius 2 is 2.18 bits per heavy atom. The van der Waals surface area contributed by atoms with Crippen molar-refractivity contribution in [3.8, 4) is 5.88 Å². The highest BCUT2D eigenvalue weighted by Crippen LogP contribution is 2.40. The van der Waals surface area contributed by atoms with Crippen LogP contribution in [0.2, 0.25) is 0 Å². The van der Waals surface area contributed by atoms with E-state index in [1.54, 1.807) is 0 Å². The molecule has 1 saturated carbocycles. The highest BCUT2D eigenvalue weighted by molar-refractivity contribution is 5.67. The molecule has 3 N–H and O–H groups in total. The van der Waals surface area contributed by atoms with Gasteiger partial charge in [-0.2, -0.15) is 4.98 Å². The molecule has 0 aromatic carbocycles. The summed E-state index contributed by atoms with van der Waals surface area (Å²) in [6.45, 7) is 4.37. The first-order chi connectivity index (χ1) is 10.8. The van der Waals surface area contributed by atoms with Crippen LogP contribution < -0.4 is 15.8 Å². The lowest BCUT2D eigenvalue weighted by atomic mass is 10.2. The van der Waals surface area contributed by atoms with Crippen molar-refractivity contribution in [3.05, 3.63) is 5.82 Å². The Bertz CT molecular complexity index is 499. The summed E-state index contributed by atoms with van der Waals surface area (Å²) in [7, 11) is 0. The molecule has 0 amide bonds. The Hall–Kier alpha value is -1.56. The number of nitrogens with zero attached hydrogens (tertiary/aromatic N) is 2. The summed E-state index contributed by atoms with van der Waals surface area (Å²) in [6.07, 6.45) is 6.87. The molecule has 1 aliphatic heterocycles. The fourth-order valence-corrected chi connectivity index (χ4v) is 2.56. The molecule has 1 atom stereocenters. The molecule has 1 aromatic heterocycles. The molecular weight excluding hydrogens is 280 g/mol. The SMILES string of the molecule is CCCCOc1nc(C2CC2)nc(NCC2CCCO2)c1N. The topological polar surface area (TPSA) is 82.3 Å². The van der Waals surface area contributed by atoms with Gasteiger partial charge in [-0.1, -0.05) is 13.3 Å². The van der Waals surface area contributed by atoms with Gasteiger partial charge in [0.2, 0.25) is 5.88 Å².